The van der Waals surface area contributed by atoms with E-state index in [1.54, 1.807) is 6.20 Å². The van der Waals surface area contributed by atoms with Crippen molar-refractivity contribution >= 4 is 34.2 Å². The van der Waals surface area contributed by atoms with E-state index < -0.39 is 0 Å². The maximum Gasteiger partial charge on any atom is 0.178 e. The van der Waals surface area contributed by atoms with Crippen LogP contribution >= 0.6 is 11.8 Å². The van der Waals surface area contributed by atoms with E-state index in [-0.39, 0.29) is 0 Å². The van der Waals surface area contributed by atoms with E-state index in [2.05, 4.69) is 25.9 Å². The molecular formula is C18H13N5S. The molecule has 0 spiro atoms. The van der Waals surface area contributed by atoms with Gasteiger partial charge in [0, 0.05) is 17.6 Å². The molecule has 4 rings (SSSR count). The van der Waals surface area contributed by atoms with Gasteiger partial charge in [-0.2, -0.15) is 5.26 Å². The normalized spacial score (nSPS) is 16.2. The number of nitrogens with one attached hydrogen (secondary N) is 1. The molecule has 0 atom stereocenters. The monoisotopic (exact) mass is 331 g/mol. The van der Waals surface area contributed by atoms with Gasteiger partial charge in [0.05, 0.1) is 5.52 Å². The second kappa shape index (κ2) is 5.87. The van der Waals surface area contributed by atoms with Gasteiger partial charge in [0.2, 0.25) is 0 Å². The summed E-state index contributed by atoms with van der Waals surface area (Å²) in [6.07, 6.45) is 1.69. The lowest BCUT2D eigenvalue weighted by atomic mass is 10.2. The fourth-order valence-corrected chi connectivity index (χ4v) is 3.64. The quantitative estimate of drug-likeness (QED) is 0.710. The zero-order valence-corrected chi connectivity index (χ0v) is 13.7. The molecule has 0 radical (unpaired) electrons. The maximum atomic E-state index is 9.76. The third kappa shape index (κ3) is 2.36. The van der Waals surface area contributed by atoms with Gasteiger partial charge in [0.15, 0.2) is 11.5 Å². The number of imidazole rings is 1. The minimum absolute atomic E-state index is 0.509. The molecule has 116 valence electrons. The van der Waals surface area contributed by atoms with Crippen molar-refractivity contribution in [3.63, 3.8) is 0 Å². The van der Waals surface area contributed by atoms with Gasteiger partial charge in [-0.3, -0.25) is 0 Å². The maximum absolute atomic E-state index is 9.76. The molecule has 1 N–H and O–H groups in total. The molecule has 1 aliphatic heterocycles. The first-order chi connectivity index (χ1) is 11.8. The predicted molar refractivity (Wildman–Crippen MR) is 96.7 cm³/mol. The van der Waals surface area contributed by atoms with Crippen LogP contribution in [0.25, 0.3) is 16.7 Å². The number of hydrogen-bond acceptors (Lipinski definition) is 5. The van der Waals surface area contributed by atoms with Crippen LogP contribution in [0.5, 0.6) is 0 Å². The summed E-state index contributed by atoms with van der Waals surface area (Å²) in [5.74, 6) is 0.540. The summed E-state index contributed by atoms with van der Waals surface area (Å²) in [6, 6.07) is 16.1. The van der Waals surface area contributed by atoms with Gasteiger partial charge in [-0.1, -0.05) is 30.0 Å². The van der Waals surface area contributed by atoms with Gasteiger partial charge in [0.25, 0.3) is 0 Å². The molecule has 0 aliphatic carbocycles. The number of H-pyrrole nitrogens is 1. The highest BCUT2D eigenvalue weighted by Crippen LogP contribution is 2.41. The number of pyridine rings is 1. The number of anilines is 1. The number of benzene rings is 1. The van der Waals surface area contributed by atoms with Crippen LogP contribution in [0.15, 0.2) is 64.8 Å². The SMILES string of the molecule is CC1=CS/C(=C(\C#N)c2nc3ncccc3[nH]2)N1c1ccccc1. The second-order valence-corrected chi connectivity index (χ2v) is 6.16. The number of nitrogens with zero attached hydrogens (tertiary/aromatic N) is 4. The Hall–Kier alpha value is -3.04. The van der Waals surface area contributed by atoms with E-state index >= 15 is 0 Å². The minimum Gasteiger partial charge on any atom is -0.336 e. The van der Waals surface area contributed by atoms with Crippen molar-refractivity contribution in [3.8, 4) is 6.07 Å². The summed E-state index contributed by atoms with van der Waals surface area (Å²) in [5.41, 5.74) is 4.03. The van der Waals surface area contributed by atoms with Gasteiger partial charge in [-0.25, -0.2) is 9.97 Å². The molecule has 5 nitrogen and oxygen atoms in total. The lowest BCUT2D eigenvalue weighted by Crippen LogP contribution is -2.15. The Bertz CT molecular complexity index is 978. The molecule has 0 saturated heterocycles. The molecule has 1 aromatic carbocycles. The molecule has 6 heteroatoms. The summed E-state index contributed by atoms with van der Waals surface area (Å²) in [7, 11) is 0. The molecule has 3 aromatic rings. The van der Waals surface area contributed by atoms with Crippen LogP contribution in [0.2, 0.25) is 0 Å². The van der Waals surface area contributed by atoms with Crippen LogP contribution in [-0.2, 0) is 0 Å². The smallest absolute Gasteiger partial charge is 0.178 e. The molecular weight excluding hydrogens is 318 g/mol. The molecule has 1 aliphatic rings. The summed E-state index contributed by atoms with van der Waals surface area (Å²) in [5, 5.41) is 12.7. The zero-order chi connectivity index (χ0) is 16.5. The Morgan fingerprint density at radius 1 is 1.21 bits per heavy atom. The molecule has 0 unspecified atom stereocenters. The number of allylic oxidation sites excluding steroid dienone is 2. The van der Waals surface area contributed by atoms with Crippen molar-refractivity contribution in [2.24, 2.45) is 0 Å². The highest BCUT2D eigenvalue weighted by molar-refractivity contribution is 8.06. The molecule has 0 bridgehead atoms. The lowest BCUT2D eigenvalue weighted by Gasteiger charge is -2.22. The number of aromatic nitrogens is 3. The van der Waals surface area contributed by atoms with Crippen LogP contribution in [0.3, 0.4) is 0 Å². The number of nitriles is 1. The fourth-order valence-electron chi connectivity index (χ4n) is 2.64. The Morgan fingerprint density at radius 3 is 2.79 bits per heavy atom. The first-order valence-corrected chi connectivity index (χ1v) is 8.30. The third-order valence-electron chi connectivity index (χ3n) is 3.73. The van der Waals surface area contributed by atoms with Crippen LogP contribution in [0.1, 0.15) is 12.7 Å². The van der Waals surface area contributed by atoms with Crippen LogP contribution in [0, 0.1) is 11.3 Å². The van der Waals surface area contributed by atoms with E-state index in [1.807, 2.05) is 54.8 Å². The van der Waals surface area contributed by atoms with Crippen LogP contribution in [0.4, 0.5) is 5.69 Å². The van der Waals surface area contributed by atoms with Crippen molar-refractivity contribution in [2.45, 2.75) is 6.92 Å². The molecule has 3 heterocycles. The Balaban J connectivity index is 1.87. The standard InChI is InChI=1S/C18H13N5S/c1-12-11-24-18(23(12)13-6-3-2-4-7-13)14(10-19)16-21-15-8-5-9-20-17(15)22-16/h2-9,11H,1H3,(H,20,21,22)/b18-14+. The summed E-state index contributed by atoms with van der Waals surface area (Å²) >= 11 is 1.53. The number of thioether (sulfide) groups is 1. The third-order valence-corrected chi connectivity index (χ3v) is 4.80. The minimum atomic E-state index is 0.509. The topological polar surface area (TPSA) is 68.6 Å². The van der Waals surface area contributed by atoms with E-state index in [9.17, 15) is 5.26 Å². The van der Waals surface area contributed by atoms with Gasteiger partial charge in [-0.15, -0.1) is 0 Å². The van der Waals surface area contributed by atoms with E-state index in [0.29, 0.717) is 17.0 Å². The van der Waals surface area contributed by atoms with E-state index in [4.69, 9.17) is 0 Å². The van der Waals surface area contributed by atoms with Crippen molar-refractivity contribution in [1.29, 1.82) is 5.26 Å². The Morgan fingerprint density at radius 2 is 2.04 bits per heavy atom. The number of rotatable bonds is 2. The molecule has 2 aromatic heterocycles. The summed E-state index contributed by atoms with van der Waals surface area (Å²) in [6.45, 7) is 2.03. The molecule has 0 saturated carbocycles. The van der Waals surface area contributed by atoms with Crippen LogP contribution in [-0.4, -0.2) is 15.0 Å². The number of fused-ring (bicyclic) bond motifs is 1. The highest BCUT2D eigenvalue weighted by Gasteiger charge is 2.26. The van der Waals surface area contributed by atoms with Gasteiger partial charge >= 0.3 is 0 Å². The molecule has 0 fully saturated rings. The first-order valence-electron chi connectivity index (χ1n) is 7.42. The van der Waals surface area contributed by atoms with E-state index in [1.165, 1.54) is 11.8 Å². The number of aromatic amines is 1. The van der Waals surface area contributed by atoms with Crippen LogP contribution < -0.4 is 4.90 Å². The zero-order valence-electron chi connectivity index (χ0n) is 12.9. The second-order valence-electron chi connectivity index (χ2n) is 5.30. The Labute approximate surface area is 143 Å². The molecule has 0 amide bonds. The van der Waals surface area contributed by atoms with Gasteiger partial charge in [0.1, 0.15) is 16.7 Å². The number of para-hydroxylation sites is 1. The Kier molecular flexibility index (Phi) is 3.56. The predicted octanol–water partition coefficient (Wildman–Crippen LogP) is 4.26. The summed E-state index contributed by atoms with van der Waals surface area (Å²) < 4.78 is 0. The van der Waals surface area contributed by atoms with Crippen molar-refractivity contribution in [3.05, 3.63) is 70.6 Å². The van der Waals surface area contributed by atoms with Crippen molar-refractivity contribution in [2.75, 3.05) is 4.90 Å². The van der Waals surface area contributed by atoms with Gasteiger partial charge < -0.3 is 9.88 Å². The average Bonchev–Trinajstić information content (AvgIpc) is 3.20. The molecule has 24 heavy (non-hydrogen) atoms. The number of hydrogen-bond donors (Lipinski definition) is 1. The first kappa shape index (κ1) is 14.5. The van der Waals surface area contributed by atoms with Gasteiger partial charge in [-0.05, 0) is 36.6 Å². The highest BCUT2D eigenvalue weighted by atomic mass is 32.2. The average molecular weight is 331 g/mol. The van der Waals surface area contributed by atoms with E-state index in [0.717, 1.165) is 21.9 Å². The van der Waals surface area contributed by atoms with Crippen molar-refractivity contribution in [1.82, 2.24) is 15.0 Å². The summed E-state index contributed by atoms with van der Waals surface area (Å²) in [4.78, 5) is 14.0. The largest absolute Gasteiger partial charge is 0.336 e. The van der Waals surface area contributed by atoms with Crippen molar-refractivity contribution < 1.29 is 0 Å². The fraction of sp³-hybridized carbons (Fsp3) is 0.0556. The lowest BCUT2D eigenvalue weighted by molar-refractivity contribution is 1.15.